The van der Waals surface area contributed by atoms with Gasteiger partial charge in [0.2, 0.25) is 0 Å². The Kier molecular flexibility index (Phi) is 6.75. The van der Waals surface area contributed by atoms with Gasteiger partial charge >= 0.3 is 5.97 Å². The molecule has 0 aliphatic heterocycles. The second kappa shape index (κ2) is 9.56. The SMILES string of the molecule is CC(Cc1ccc(OCC2CCCC2)c(-c2ccc3cc(S(C)(=O)=O)ccc3c2)c1)C(=O)O. The van der Waals surface area contributed by atoms with Crippen LogP contribution in [0.3, 0.4) is 0 Å². The molecule has 1 N–H and O–H groups in total. The zero-order chi connectivity index (χ0) is 23.6. The average molecular weight is 467 g/mol. The van der Waals surface area contributed by atoms with E-state index in [2.05, 4.69) is 0 Å². The van der Waals surface area contributed by atoms with Crippen molar-refractivity contribution >= 4 is 26.6 Å². The summed E-state index contributed by atoms with van der Waals surface area (Å²) in [7, 11) is -3.27. The number of carbonyl (C=O) groups is 1. The molecule has 33 heavy (non-hydrogen) atoms. The number of carboxylic acid groups (broad SMARTS) is 1. The van der Waals surface area contributed by atoms with Crippen LogP contribution in [0.15, 0.2) is 59.5 Å². The second-order valence-electron chi connectivity index (χ2n) is 9.23. The third-order valence-corrected chi connectivity index (χ3v) is 7.62. The maximum absolute atomic E-state index is 11.9. The van der Waals surface area contributed by atoms with Crippen LogP contribution in [0.2, 0.25) is 0 Å². The molecule has 0 bridgehead atoms. The topological polar surface area (TPSA) is 80.7 Å². The quantitative estimate of drug-likeness (QED) is 0.458. The minimum absolute atomic E-state index is 0.299. The molecule has 174 valence electrons. The third kappa shape index (κ3) is 5.56. The predicted molar refractivity (Wildman–Crippen MR) is 130 cm³/mol. The van der Waals surface area contributed by atoms with E-state index in [1.165, 1.54) is 31.9 Å². The van der Waals surface area contributed by atoms with Gasteiger partial charge in [0.25, 0.3) is 0 Å². The Morgan fingerprint density at radius 3 is 2.42 bits per heavy atom. The molecule has 1 atom stereocenters. The van der Waals surface area contributed by atoms with Gasteiger partial charge < -0.3 is 9.84 Å². The number of carboxylic acids is 1. The lowest BCUT2D eigenvalue weighted by Gasteiger charge is -2.17. The standard InChI is InChI=1S/C27H30O5S/c1-18(27(28)29)13-20-7-12-26(32-17-19-5-3-4-6-19)25(14-20)23-9-8-22-16-24(33(2,30)31)11-10-21(22)15-23/h7-12,14-16,18-19H,3-6,13,17H2,1-2H3,(H,28,29). The second-order valence-corrected chi connectivity index (χ2v) is 11.2. The number of aliphatic carboxylic acids is 1. The summed E-state index contributed by atoms with van der Waals surface area (Å²) >= 11 is 0. The van der Waals surface area contributed by atoms with Crippen molar-refractivity contribution in [2.45, 2.75) is 43.9 Å². The lowest BCUT2D eigenvalue weighted by atomic mass is 9.95. The predicted octanol–water partition coefficient (Wildman–Crippen LogP) is 5.74. The van der Waals surface area contributed by atoms with Crippen molar-refractivity contribution in [3.63, 3.8) is 0 Å². The number of rotatable bonds is 8. The van der Waals surface area contributed by atoms with E-state index in [-0.39, 0.29) is 0 Å². The van der Waals surface area contributed by atoms with Crippen molar-refractivity contribution in [1.82, 2.24) is 0 Å². The van der Waals surface area contributed by atoms with Gasteiger partial charge in [0, 0.05) is 11.8 Å². The zero-order valence-corrected chi connectivity index (χ0v) is 19.9. The minimum Gasteiger partial charge on any atom is -0.493 e. The highest BCUT2D eigenvalue weighted by Crippen LogP contribution is 2.35. The summed E-state index contributed by atoms with van der Waals surface area (Å²) in [5.41, 5.74) is 2.83. The van der Waals surface area contributed by atoms with Crippen molar-refractivity contribution in [1.29, 1.82) is 0 Å². The highest BCUT2D eigenvalue weighted by atomic mass is 32.2. The molecule has 3 aromatic rings. The highest BCUT2D eigenvalue weighted by molar-refractivity contribution is 7.90. The summed E-state index contributed by atoms with van der Waals surface area (Å²) < 4.78 is 30.1. The van der Waals surface area contributed by atoms with Gasteiger partial charge in [-0.2, -0.15) is 0 Å². The minimum atomic E-state index is -3.27. The first kappa shape index (κ1) is 23.3. The van der Waals surface area contributed by atoms with Crippen molar-refractivity contribution in [3.8, 4) is 16.9 Å². The lowest BCUT2D eigenvalue weighted by Crippen LogP contribution is -2.12. The Morgan fingerprint density at radius 2 is 1.73 bits per heavy atom. The van der Waals surface area contributed by atoms with Gasteiger partial charge in [0.1, 0.15) is 5.75 Å². The van der Waals surface area contributed by atoms with Crippen molar-refractivity contribution in [3.05, 3.63) is 60.2 Å². The molecular formula is C27H30O5S. The number of hydrogen-bond acceptors (Lipinski definition) is 4. The van der Waals surface area contributed by atoms with E-state index in [1.54, 1.807) is 19.1 Å². The van der Waals surface area contributed by atoms with Crippen LogP contribution in [-0.4, -0.2) is 32.4 Å². The van der Waals surface area contributed by atoms with E-state index < -0.39 is 21.7 Å². The highest BCUT2D eigenvalue weighted by Gasteiger charge is 2.18. The molecule has 1 aliphatic rings. The Hall–Kier alpha value is -2.86. The normalized spacial score (nSPS) is 15.6. The zero-order valence-electron chi connectivity index (χ0n) is 19.1. The number of ether oxygens (including phenoxy) is 1. The maximum atomic E-state index is 11.9. The van der Waals surface area contributed by atoms with Gasteiger partial charge in [-0.15, -0.1) is 0 Å². The fourth-order valence-corrected chi connectivity index (χ4v) is 5.16. The average Bonchev–Trinajstić information content (AvgIpc) is 3.30. The van der Waals surface area contributed by atoms with E-state index >= 15 is 0 Å². The van der Waals surface area contributed by atoms with Gasteiger partial charge in [-0.25, -0.2) is 8.42 Å². The number of fused-ring (bicyclic) bond motifs is 1. The van der Waals surface area contributed by atoms with Crippen LogP contribution in [0.4, 0.5) is 0 Å². The van der Waals surface area contributed by atoms with Crippen LogP contribution >= 0.6 is 0 Å². The Morgan fingerprint density at radius 1 is 1.03 bits per heavy atom. The molecule has 1 aliphatic carbocycles. The summed E-state index contributed by atoms with van der Waals surface area (Å²) in [6.07, 6.45) is 6.56. The van der Waals surface area contributed by atoms with E-state index in [0.29, 0.717) is 23.8 Å². The van der Waals surface area contributed by atoms with Crippen molar-refractivity contribution in [2.75, 3.05) is 12.9 Å². The first-order valence-corrected chi connectivity index (χ1v) is 13.3. The molecule has 6 heteroatoms. The first-order chi connectivity index (χ1) is 15.7. The number of sulfone groups is 1. The monoisotopic (exact) mass is 466 g/mol. The molecule has 4 rings (SSSR count). The van der Waals surface area contributed by atoms with E-state index in [1.807, 2.05) is 42.5 Å². The van der Waals surface area contributed by atoms with Crippen LogP contribution in [0.5, 0.6) is 5.75 Å². The lowest BCUT2D eigenvalue weighted by molar-refractivity contribution is -0.141. The molecule has 1 saturated carbocycles. The summed E-state index contributed by atoms with van der Waals surface area (Å²) in [5, 5.41) is 11.1. The van der Waals surface area contributed by atoms with Crippen LogP contribution in [-0.2, 0) is 21.1 Å². The molecule has 1 unspecified atom stereocenters. The van der Waals surface area contributed by atoms with Gasteiger partial charge in [-0.1, -0.05) is 44.0 Å². The van der Waals surface area contributed by atoms with Crippen LogP contribution in [0.1, 0.15) is 38.2 Å². The number of hydrogen-bond donors (Lipinski definition) is 1. The molecule has 0 heterocycles. The summed E-state index contributed by atoms with van der Waals surface area (Å²) in [6, 6.07) is 17.0. The van der Waals surface area contributed by atoms with Crippen LogP contribution in [0.25, 0.3) is 21.9 Å². The Labute approximate surface area is 195 Å². The Bertz CT molecular complexity index is 1270. The molecule has 3 aromatic carbocycles. The van der Waals surface area contributed by atoms with Gasteiger partial charge in [-0.3, -0.25) is 4.79 Å². The third-order valence-electron chi connectivity index (χ3n) is 6.51. The van der Waals surface area contributed by atoms with E-state index in [4.69, 9.17) is 4.74 Å². The molecule has 1 fully saturated rings. The Balaban J connectivity index is 1.71. The smallest absolute Gasteiger partial charge is 0.306 e. The molecule has 0 spiro atoms. The summed E-state index contributed by atoms with van der Waals surface area (Å²) in [4.78, 5) is 11.7. The first-order valence-electron chi connectivity index (χ1n) is 11.4. The molecule has 5 nitrogen and oxygen atoms in total. The van der Waals surface area contributed by atoms with Gasteiger partial charge in [-0.05, 0) is 77.4 Å². The van der Waals surface area contributed by atoms with Crippen LogP contribution < -0.4 is 4.74 Å². The van der Waals surface area contributed by atoms with Crippen molar-refractivity contribution < 1.29 is 23.1 Å². The molecule has 0 aromatic heterocycles. The summed E-state index contributed by atoms with van der Waals surface area (Å²) in [5.74, 6) is 0.0796. The summed E-state index contributed by atoms with van der Waals surface area (Å²) in [6.45, 7) is 2.39. The molecule has 0 amide bonds. The fraction of sp³-hybridized carbons (Fsp3) is 0.370. The van der Waals surface area contributed by atoms with E-state index in [9.17, 15) is 18.3 Å². The number of benzene rings is 3. The maximum Gasteiger partial charge on any atom is 0.306 e. The van der Waals surface area contributed by atoms with Gasteiger partial charge in [0.05, 0.1) is 17.4 Å². The molecule has 0 radical (unpaired) electrons. The molecule has 0 saturated heterocycles. The van der Waals surface area contributed by atoms with Gasteiger partial charge in [0.15, 0.2) is 9.84 Å². The fourth-order valence-electron chi connectivity index (χ4n) is 4.50. The van der Waals surface area contributed by atoms with E-state index in [0.717, 1.165) is 33.2 Å². The largest absolute Gasteiger partial charge is 0.493 e. The van der Waals surface area contributed by atoms with Crippen LogP contribution in [0, 0.1) is 11.8 Å². The van der Waals surface area contributed by atoms with Crippen molar-refractivity contribution in [2.24, 2.45) is 11.8 Å². The molecular weight excluding hydrogens is 436 g/mol.